The van der Waals surface area contributed by atoms with Crippen molar-refractivity contribution in [3.63, 3.8) is 0 Å². The van der Waals surface area contributed by atoms with E-state index in [4.69, 9.17) is 4.42 Å². The van der Waals surface area contributed by atoms with Gasteiger partial charge in [-0.05, 0) is 36.4 Å². The molecule has 7 heteroatoms. The van der Waals surface area contributed by atoms with Gasteiger partial charge in [0.15, 0.2) is 5.82 Å². The Hall–Kier alpha value is -3.48. The lowest BCUT2D eigenvalue weighted by atomic mass is 10.2. The van der Waals surface area contributed by atoms with Crippen LogP contribution in [0.25, 0.3) is 23.2 Å². The zero-order valence-corrected chi connectivity index (χ0v) is 15.4. The van der Waals surface area contributed by atoms with Crippen molar-refractivity contribution in [2.24, 2.45) is 0 Å². The summed E-state index contributed by atoms with van der Waals surface area (Å²) in [4.78, 5) is 15.0. The van der Waals surface area contributed by atoms with Crippen LogP contribution >= 0.6 is 0 Å². The first kappa shape index (κ1) is 18.3. The van der Waals surface area contributed by atoms with Crippen LogP contribution in [0.15, 0.2) is 65.3 Å². The minimum absolute atomic E-state index is 0.207. The number of furan rings is 1. The van der Waals surface area contributed by atoms with Crippen LogP contribution < -0.4 is 0 Å². The average molecular weight is 363 g/mol. The Morgan fingerprint density at radius 1 is 1.26 bits per heavy atom. The maximum atomic E-state index is 13.3. The minimum atomic E-state index is -0.207. The average Bonchev–Trinajstić information content (AvgIpc) is 3.36. The van der Waals surface area contributed by atoms with Gasteiger partial charge in [0.1, 0.15) is 11.5 Å². The highest BCUT2D eigenvalue weighted by Crippen LogP contribution is 2.22. The van der Waals surface area contributed by atoms with Crippen molar-refractivity contribution in [1.29, 1.82) is 0 Å². The maximum Gasteiger partial charge on any atom is 0.273 e. The number of tetrazole rings is 1. The first-order chi connectivity index (χ1) is 13.1. The summed E-state index contributed by atoms with van der Waals surface area (Å²) in [7, 11) is 0. The first-order valence-electron chi connectivity index (χ1n) is 8.63. The van der Waals surface area contributed by atoms with E-state index >= 15 is 0 Å². The van der Waals surface area contributed by atoms with Gasteiger partial charge in [-0.3, -0.25) is 4.79 Å². The minimum Gasteiger partial charge on any atom is -0.465 e. The van der Waals surface area contributed by atoms with E-state index in [1.807, 2.05) is 44.2 Å². The van der Waals surface area contributed by atoms with Crippen LogP contribution in [0.3, 0.4) is 0 Å². The molecule has 0 radical (unpaired) electrons. The molecule has 7 nitrogen and oxygen atoms in total. The predicted molar refractivity (Wildman–Crippen MR) is 103 cm³/mol. The number of rotatable bonds is 7. The number of likely N-dealkylation sites (N-methyl/N-ethyl adjacent to an activating group) is 1. The molecule has 1 aromatic carbocycles. The summed E-state index contributed by atoms with van der Waals surface area (Å²) in [5.74, 6) is 0.814. The van der Waals surface area contributed by atoms with Gasteiger partial charge in [0, 0.05) is 24.7 Å². The molecule has 0 aliphatic heterocycles. The van der Waals surface area contributed by atoms with E-state index in [1.165, 1.54) is 4.68 Å². The SMILES string of the molecule is C=C(C)CN(CC)C(=O)C(=Cc1ccco1)n1nnnc1-c1ccccc1. The van der Waals surface area contributed by atoms with Crippen LogP contribution in [0.1, 0.15) is 19.6 Å². The van der Waals surface area contributed by atoms with Crippen LogP contribution in [-0.4, -0.2) is 44.1 Å². The van der Waals surface area contributed by atoms with E-state index in [9.17, 15) is 4.79 Å². The quantitative estimate of drug-likeness (QED) is 0.475. The van der Waals surface area contributed by atoms with E-state index in [1.54, 1.807) is 29.4 Å². The largest absolute Gasteiger partial charge is 0.465 e. The molecule has 138 valence electrons. The lowest BCUT2D eigenvalue weighted by molar-refractivity contribution is -0.124. The molecular formula is C20H21N5O2. The molecule has 0 N–H and O–H groups in total. The Bertz CT molecular complexity index is 942. The molecule has 0 aliphatic carbocycles. The number of carbonyl (C=O) groups excluding carboxylic acids is 1. The van der Waals surface area contributed by atoms with Crippen LogP contribution in [0.4, 0.5) is 0 Å². The van der Waals surface area contributed by atoms with Gasteiger partial charge in [0.25, 0.3) is 5.91 Å². The van der Waals surface area contributed by atoms with Gasteiger partial charge >= 0.3 is 0 Å². The number of hydrogen-bond donors (Lipinski definition) is 0. The molecule has 0 atom stereocenters. The monoisotopic (exact) mass is 363 g/mol. The summed E-state index contributed by atoms with van der Waals surface area (Å²) in [6, 6.07) is 13.0. The molecule has 1 amide bonds. The van der Waals surface area contributed by atoms with E-state index in [0.717, 1.165) is 11.1 Å². The number of nitrogens with zero attached hydrogens (tertiary/aromatic N) is 5. The second kappa shape index (κ2) is 8.27. The van der Waals surface area contributed by atoms with Gasteiger partial charge in [0.05, 0.1) is 6.26 Å². The Kier molecular flexibility index (Phi) is 5.61. The summed E-state index contributed by atoms with van der Waals surface area (Å²) in [5.41, 5.74) is 2.00. The summed E-state index contributed by atoms with van der Waals surface area (Å²) in [6.45, 7) is 8.70. The third-order valence-corrected chi connectivity index (χ3v) is 3.90. The third-order valence-electron chi connectivity index (χ3n) is 3.90. The summed E-state index contributed by atoms with van der Waals surface area (Å²) in [6.07, 6.45) is 3.20. The third kappa shape index (κ3) is 4.20. The standard InChI is InChI=1S/C20H21N5O2/c1-4-24(14-15(2)3)20(26)18(13-17-11-8-12-27-17)25-19(21-22-23-25)16-9-6-5-7-10-16/h5-13H,2,4,14H2,1,3H3. The van der Waals surface area contributed by atoms with E-state index in [2.05, 4.69) is 22.1 Å². The normalized spacial score (nSPS) is 11.4. The molecule has 2 aromatic heterocycles. The van der Waals surface area contributed by atoms with Crippen molar-refractivity contribution in [2.45, 2.75) is 13.8 Å². The fraction of sp³-hybridized carbons (Fsp3) is 0.200. The molecule has 3 aromatic rings. The number of benzene rings is 1. The lowest BCUT2D eigenvalue weighted by Gasteiger charge is -2.22. The molecule has 0 aliphatic rings. The first-order valence-corrected chi connectivity index (χ1v) is 8.63. The number of carbonyl (C=O) groups is 1. The van der Waals surface area contributed by atoms with E-state index in [0.29, 0.717) is 30.4 Å². The van der Waals surface area contributed by atoms with Gasteiger partial charge in [-0.1, -0.05) is 42.5 Å². The second-order valence-electron chi connectivity index (χ2n) is 6.10. The fourth-order valence-electron chi connectivity index (χ4n) is 2.65. The molecule has 0 fully saturated rings. The molecule has 0 spiro atoms. The molecule has 27 heavy (non-hydrogen) atoms. The zero-order valence-electron chi connectivity index (χ0n) is 15.4. The number of aromatic nitrogens is 4. The highest BCUT2D eigenvalue weighted by molar-refractivity contribution is 6.18. The number of hydrogen-bond acceptors (Lipinski definition) is 5. The summed E-state index contributed by atoms with van der Waals surface area (Å²) >= 11 is 0. The van der Waals surface area contributed by atoms with Crippen LogP contribution in [0.5, 0.6) is 0 Å². The van der Waals surface area contributed by atoms with Crippen molar-refractivity contribution < 1.29 is 9.21 Å². The molecule has 2 heterocycles. The Morgan fingerprint density at radius 2 is 2.04 bits per heavy atom. The molecule has 0 unspecified atom stereocenters. The van der Waals surface area contributed by atoms with Crippen molar-refractivity contribution in [3.8, 4) is 11.4 Å². The van der Waals surface area contributed by atoms with Gasteiger partial charge in [-0.15, -0.1) is 5.10 Å². The van der Waals surface area contributed by atoms with Gasteiger partial charge in [-0.25, -0.2) is 0 Å². The van der Waals surface area contributed by atoms with Gasteiger partial charge < -0.3 is 9.32 Å². The van der Waals surface area contributed by atoms with Crippen molar-refractivity contribution in [3.05, 3.63) is 66.6 Å². The van der Waals surface area contributed by atoms with Crippen LogP contribution in [0.2, 0.25) is 0 Å². The highest BCUT2D eigenvalue weighted by atomic mass is 16.3. The smallest absolute Gasteiger partial charge is 0.273 e. The second-order valence-corrected chi connectivity index (χ2v) is 6.10. The summed E-state index contributed by atoms with van der Waals surface area (Å²) in [5, 5.41) is 12.0. The van der Waals surface area contributed by atoms with Crippen LogP contribution in [-0.2, 0) is 4.79 Å². The predicted octanol–water partition coefficient (Wildman–Crippen LogP) is 3.36. The molecular weight excluding hydrogens is 342 g/mol. The lowest BCUT2D eigenvalue weighted by Crippen LogP contribution is -2.34. The van der Waals surface area contributed by atoms with Gasteiger partial charge in [0.2, 0.25) is 0 Å². The van der Waals surface area contributed by atoms with Crippen molar-refractivity contribution in [1.82, 2.24) is 25.1 Å². The maximum absolute atomic E-state index is 13.3. The zero-order chi connectivity index (χ0) is 19.2. The molecule has 3 rings (SSSR count). The molecule has 0 saturated carbocycles. The molecule has 0 bridgehead atoms. The Morgan fingerprint density at radius 3 is 2.67 bits per heavy atom. The van der Waals surface area contributed by atoms with Crippen molar-refractivity contribution in [2.75, 3.05) is 13.1 Å². The summed E-state index contributed by atoms with van der Waals surface area (Å²) < 4.78 is 6.85. The molecule has 0 saturated heterocycles. The van der Waals surface area contributed by atoms with Gasteiger partial charge in [-0.2, -0.15) is 4.68 Å². The highest BCUT2D eigenvalue weighted by Gasteiger charge is 2.23. The van der Waals surface area contributed by atoms with Crippen LogP contribution in [0, 0.1) is 0 Å². The van der Waals surface area contributed by atoms with Crippen molar-refractivity contribution >= 4 is 17.7 Å². The topological polar surface area (TPSA) is 77.0 Å². The fourth-order valence-corrected chi connectivity index (χ4v) is 2.65. The van der Waals surface area contributed by atoms with E-state index in [-0.39, 0.29) is 5.91 Å². The number of amides is 1. The Labute approximate surface area is 157 Å². The van der Waals surface area contributed by atoms with E-state index < -0.39 is 0 Å². The Balaban J connectivity index is 2.09.